The second kappa shape index (κ2) is 3.21. The maximum atomic E-state index is 11.0. The molecule has 1 aromatic rings. The average molecular weight is 192 g/mol. The fourth-order valence-electron chi connectivity index (χ4n) is 1.64. The number of nitrogens with one attached hydrogen (secondary N) is 1. The van der Waals surface area contributed by atoms with Crippen LogP contribution in [0.4, 0.5) is 5.69 Å². The number of ether oxygens (including phenoxy) is 1. The Morgan fingerprint density at radius 2 is 2.43 bits per heavy atom. The minimum absolute atomic E-state index is 0.280. The molecule has 1 heterocycles. The lowest BCUT2D eigenvalue weighted by molar-refractivity contribution is -0.118. The van der Waals surface area contributed by atoms with Crippen molar-refractivity contribution in [2.75, 3.05) is 12.4 Å². The van der Waals surface area contributed by atoms with Crippen molar-refractivity contribution in [3.05, 3.63) is 23.8 Å². The van der Waals surface area contributed by atoms with E-state index in [9.17, 15) is 4.79 Å². The highest BCUT2D eigenvalue weighted by Gasteiger charge is 2.24. The number of amides is 1. The third-order valence-corrected chi connectivity index (χ3v) is 2.41. The van der Waals surface area contributed by atoms with E-state index in [0.29, 0.717) is 6.42 Å². The Labute approximate surface area is 82.1 Å². The molecule has 14 heavy (non-hydrogen) atoms. The van der Waals surface area contributed by atoms with E-state index in [1.807, 2.05) is 18.2 Å². The molecule has 0 bridgehead atoms. The number of primary amides is 1. The highest BCUT2D eigenvalue weighted by Crippen LogP contribution is 2.29. The number of carbonyl (C=O) groups is 1. The first-order valence-electron chi connectivity index (χ1n) is 4.43. The highest BCUT2D eigenvalue weighted by atomic mass is 16.5. The van der Waals surface area contributed by atoms with Crippen molar-refractivity contribution >= 4 is 11.6 Å². The molecule has 0 spiro atoms. The molecule has 1 amide bonds. The summed E-state index contributed by atoms with van der Waals surface area (Å²) >= 11 is 0. The minimum atomic E-state index is -0.319. The second-order valence-electron chi connectivity index (χ2n) is 3.33. The number of rotatable bonds is 2. The molecule has 0 saturated carbocycles. The predicted molar refractivity (Wildman–Crippen MR) is 53.3 cm³/mol. The Kier molecular flexibility index (Phi) is 2.04. The van der Waals surface area contributed by atoms with Crippen LogP contribution in [0.5, 0.6) is 5.75 Å². The van der Waals surface area contributed by atoms with Gasteiger partial charge in [0, 0.05) is 12.1 Å². The van der Waals surface area contributed by atoms with Crippen molar-refractivity contribution in [3.63, 3.8) is 0 Å². The molecule has 1 aliphatic heterocycles. The summed E-state index contributed by atoms with van der Waals surface area (Å²) in [6.45, 7) is 0. The van der Waals surface area contributed by atoms with Crippen molar-refractivity contribution in [2.45, 2.75) is 12.5 Å². The van der Waals surface area contributed by atoms with Gasteiger partial charge in [0.25, 0.3) is 0 Å². The zero-order chi connectivity index (χ0) is 10.1. The lowest BCUT2D eigenvalue weighted by atomic mass is 10.1. The molecule has 4 nitrogen and oxygen atoms in total. The summed E-state index contributed by atoms with van der Waals surface area (Å²) in [5.41, 5.74) is 7.26. The predicted octanol–water partition coefficient (Wildman–Crippen LogP) is 0.517. The number of hydrogen-bond acceptors (Lipinski definition) is 3. The van der Waals surface area contributed by atoms with Gasteiger partial charge in [-0.1, -0.05) is 0 Å². The number of nitrogens with two attached hydrogens (primary N) is 1. The molecule has 3 N–H and O–H groups in total. The Balaban J connectivity index is 2.27. The number of hydrogen-bond donors (Lipinski definition) is 2. The SMILES string of the molecule is COc1ccc2c(c1)CC(C(N)=O)N2. The molecule has 1 aromatic carbocycles. The van der Waals surface area contributed by atoms with Gasteiger partial charge in [0.15, 0.2) is 0 Å². The van der Waals surface area contributed by atoms with E-state index in [1.165, 1.54) is 0 Å². The van der Waals surface area contributed by atoms with Crippen molar-refractivity contribution in [2.24, 2.45) is 5.73 Å². The standard InChI is InChI=1S/C10H12N2O2/c1-14-7-2-3-8-6(4-7)5-9(12-8)10(11)13/h2-4,9,12H,5H2,1H3,(H2,11,13). The Morgan fingerprint density at radius 3 is 3.07 bits per heavy atom. The molecule has 1 unspecified atom stereocenters. The van der Waals surface area contributed by atoms with Gasteiger partial charge < -0.3 is 15.8 Å². The topological polar surface area (TPSA) is 64.3 Å². The van der Waals surface area contributed by atoms with E-state index in [1.54, 1.807) is 7.11 Å². The van der Waals surface area contributed by atoms with Crippen molar-refractivity contribution in [1.82, 2.24) is 0 Å². The van der Waals surface area contributed by atoms with Gasteiger partial charge in [0.05, 0.1) is 7.11 Å². The maximum absolute atomic E-state index is 11.0. The molecule has 1 aliphatic rings. The Morgan fingerprint density at radius 1 is 1.64 bits per heavy atom. The zero-order valence-corrected chi connectivity index (χ0v) is 7.91. The van der Waals surface area contributed by atoms with E-state index < -0.39 is 0 Å². The smallest absolute Gasteiger partial charge is 0.240 e. The molecule has 0 aliphatic carbocycles. The molecular weight excluding hydrogens is 180 g/mol. The Bertz CT molecular complexity index is 376. The summed E-state index contributed by atoms with van der Waals surface area (Å²) in [4.78, 5) is 11.0. The average Bonchev–Trinajstić information content (AvgIpc) is 2.59. The molecule has 1 atom stereocenters. The van der Waals surface area contributed by atoms with Gasteiger partial charge in [-0.05, 0) is 23.8 Å². The number of carbonyl (C=O) groups excluding carboxylic acids is 1. The third kappa shape index (κ3) is 1.39. The first-order chi connectivity index (χ1) is 6.70. The Hall–Kier alpha value is -1.71. The van der Waals surface area contributed by atoms with Crippen LogP contribution >= 0.6 is 0 Å². The quantitative estimate of drug-likeness (QED) is 0.717. The number of fused-ring (bicyclic) bond motifs is 1. The summed E-state index contributed by atoms with van der Waals surface area (Å²) < 4.78 is 5.09. The second-order valence-corrected chi connectivity index (χ2v) is 3.33. The van der Waals surface area contributed by atoms with Crippen LogP contribution in [-0.4, -0.2) is 19.1 Å². The van der Waals surface area contributed by atoms with Crippen LogP contribution in [0.25, 0.3) is 0 Å². The molecule has 74 valence electrons. The van der Waals surface area contributed by atoms with Crippen LogP contribution in [-0.2, 0) is 11.2 Å². The van der Waals surface area contributed by atoms with Crippen molar-refractivity contribution < 1.29 is 9.53 Å². The molecule has 4 heteroatoms. The molecule has 0 aromatic heterocycles. The van der Waals surface area contributed by atoms with Gasteiger partial charge in [-0.25, -0.2) is 0 Å². The van der Waals surface area contributed by atoms with E-state index >= 15 is 0 Å². The fourth-order valence-corrected chi connectivity index (χ4v) is 1.64. The van der Waals surface area contributed by atoms with E-state index in [2.05, 4.69) is 5.32 Å². The largest absolute Gasteiger partial charge is 0.497 e. The fraction of sp³-hybridized carbons (Fsp3) is 0.300. The molecular formula is C10H12N2O2. The van der Waals surface area contributed by atoms with Crippen LogP contribution in [0, 0.1) is 0 Å². The van der Waals surface area contributed by atoms with Gasteiger partial charge in [-0.15, -0.1) is 0 Å². The van der Waals surface area contributed by atoms with E-state index in [-0.39, 0.29) is 11.9 Å². The van der Waals surface area contributed by atoms with Crippen LogP contribution in [0.1, 0.15) is 5.56 Å². The number of methoxy groups -OCH3 is 1. The summed E-state index contributed by atoms with van der Waals surface area (Å²) in [6, 6.07) is 5.40. The minimum Gasteiger partial charge on any atom is -0.497 e. The van der Waals surface area contributed by atoms with Crippen LogP contribution in [0.2, 0.25) is 0 Å². The van der Waals surface area contributed by atoms with Crippen LogP contribution in [0.3, 0.4) is 0 Å². The summed E-state index contributed by atoms with van der Waals surface area (Å²) in [7, 11) is 1.62. The zero-order valence-electron chi connectivity index (χ0n) is 7.91. The molecule has 0 fully saturated rings. The summed E-state index contributed by atoms with van der Waals surface area (Å²) in [5, 5.41) is 3.06. The first kappa shape index (κ1) is 8.87. The van der Waals surface area contributed by atoms with Gasteiger partial charge in [0.1, 0.15) is 11.8 Å². The number of benzene rings is 1. The number of anilines is 1. The van der Waals surface area contributed by atoms with Crippen LogP contribution in [0.15, 0.2) is 18.2 Å². The van der Waals surface area contributed by atoms with Gasteiger partial charge in [-0.3, -0.25) is 4.79 Å². The lowest BCUT2D eigenvalue weighted by Crippen LogP contribution is -2.33. The first-order valence-corrected chi connectivity index (χ1v) is 4.43. The van der Waals surface area contributed by atoms with Crippen LogP contribution < -0.4 is 15.8 Å². The molecule has 0 radical (unpaired) electrons. The third-order valence-electron chi connectivity index (χ3n) is 2.41. The normalized spacial score (nSPS) is 18.5. The van der Waals surface area contributed by atoms with Gasteiger partial charge >= 0.3 is 0 Å². The summed E-state index contributed by atoms with van der Waals surface area (Å²) in [6.07, 6.45) is 0.641. The van der Waals surface area contributed by atoms with E-state index in [4.69, 9.17) is 10.5 Å². The van der Waals surface area contributed by atoms with Gasteiger partial charge in [0.2, 0.25) is 5.91 Å². The van der Waals surface area contributed by atoms with E-state index in [0.717, 1.165) is 17.0 Å². The molecule has 2 rings (SSSR count). The highest BCUT2D eigenvalue weighted by molar-refractivity contribution is 5.86. The summed E-state index contributed by atoms with van der Waals surface area (Å²) in [5.74, 6) is 0.482. The lowest BCUT2D eigenvalue weighted by Gasteiger charge is -2.04. The molecule has 0 saturated heterocycles. The van der Waals surface area contributed by atoms with Gasteiger partial charge in [-0.2, -0.15) is 0 Å². The maximum Gasteiger partial charge on any atom is 0.240 e. The van der Waals surface area contributed by atoms with Crippen molar-refractivity contribution in [1.29, 1.82) is 0 Å². The van der Waals surface area contributed by atoms with Crippen molar-refractivity contribution in [3.8, 4) is 5.75 Å². The monoisotopic (exact) mass is 192 g/mol.